The summed E-state index contributed by atoms with van der Waals surface area (Å²) in [6, 6.07) is 2.83. The van der Waals surface area contributed by atoms with Crippen molar-refractivity contribution in [2.24, 2.45) is 17.8 Å². The maximum absolute atomic E-state index is 10.7. The predicted molar refractivity (Wildman–Crippen MR) is 188 cm³/mol. The summed E-state index contributed by atoms with van der Waals surface area (Å²) in [6.07, 6.45) is 29.5. The number of carbonyl (C=O) groups is 1. The van der Waals surface area contributed by atoms with Gasteiger partial charge in [-0.2, -0.15) is 0 Å². The summed E-state index contributed by atoms with van der Waals surface area (Å²) in [5, 5.41) is 5.99. The summed E-state index contributed by atoms with van der Waals surface area (Å²) in [4.78, 5) is 15.2. The Labute approximate surface area is 281 Å². The van der Waals surface area contributed by atoms with E-state index in [1.54, 1.807) is 32.1 Å². The SMILES string of the molecule is C1CC2CCC1C2.C1CC2CCC1N2.C1CCN2CCCCC2C1.C1CN2CCC1CC2.O=C1NCCO1.O=S1(=O)CCCCC1. The number of piperidine rings is 5. The summed E-state index contributed by atoms with van der Waals surface area (Å²) in [5.41, 5.74) is 0. The van der Waals surface area contributed by atoms with Gasteiger partial charge in [-0.3, -0.25) is 0 Å². The largest absolute Gasteiger partial charge is 0.448 e. The van der Waals surface area contributed by atoms with E-state index in [1.807, 2.05) is 0 Å². The van der Waals surface area contributed by atoms with Crippen molar-refractivity contribution in [2.75, 3.05) is 57.4 Å². The monoisotopic (exact) mass is 664 g/mol. The van der Waals surface area contributed by atoms with Gasteiger partial charge in [-0.05, 0) is 140 Å². The van der Waals surface area contributed by atoms with E-state index in [4.69, 9.17) is 0 Å². The number of hydrogen-bond donors (Lipinski definition) is 2. The van der Waals surface area contributed by atoms with Crippen LogP contribution in [-0.4, -0.2) is 99.8 Å². The lowest BCUT2D eigenvalue weighted by atomic mass is 9.89. The van der Waals surface area contributed by atoms with Gasteiger partial charge in [0.25, 0.3) is 0 Å². The molecular formula is C37H68N4O4S. The van der Waals surface area contributed by atoms with E-state index in [0.29, 0.717) is 24.7 Å². The van der Waals surface area contributed by atoms with Gasteiger partial charge in [0.15, 0.2) is 0 Å². The quantitative estimate of drug-likeness (QED) is 0.304. The fourth-order valence-electron chi connectivity index (χ4n) is 9.45. The molecule has 9 heteroatoms. The highest BCUT2D eigenvalue weighted by Crippen LogP contribution is 2.43. The van der Waals surface area contributed by atoms with E-state index in [2.05, 4.69) is 25.2 Å². The molecule has 0 aromatic carbocycles. The average molecular weight is 665 g/mol. The minimum Gasteiger partial charge on any atom is -0.448 e. The fourth-order valence-corrected chi connectivity index (χ4v) is 10.9. The number of hydrogen-bond acceptors (Lipinski definition) is 7. The molecule has 11 fully saturated rings. The number of carbonyl (C=O) groups excluding carboxylic acids is 1. The first-order valence-electron chi connectivity index (χ1n) is 19.8. The molecule has 1 amide bonds. The second kappa shape index (κ2) is 19.3. The molecule has 9 heterocycles. The molecule has 11 aliphatic rings. The summed E-state index contributed by atoms with van der Waals surface area (Å²) in [6.45, 7) is 8.16. The molecule has 266 valence electrons. The van der Waals surface area contributed by atoms with Crippen LogP contribution in [0.5, 0.6) is 0 Å². The van der Waals surface area contributed by atoms with Crippen molar-refractivity contribution in [2.45, 2.75) is 153 Å². The van der Waals surface area contributed by atoms with E-state index < -0.39 is 9.84 Å². The van der Waals surface area contributed by atoms with Gasteiger partial charge < -0.3 is 25.2 Å². The zero-order valence-corrected chi connectivity index (χ0v) is 29.9. The topological polar surface area (TPSA) is 91.0 Å². The van der Waals surface area contributed by atoms with Crippen LogP contribution in [0.1, 0.15) is 135 Å². The third kappa shape index (κ3) is 12.9. The van der Waals surface area contributed by atoms with E-state index in [-0.39, 0.29) is 6.09 Å². The first-order valence-corrected chi connectivity index (χ1v) is 21.6. The number of amides is 1. The van der Waals surface area contributed by atoms with E-state index in [9.17, 15) is 13.2 Å². The van der Waals surface area contributed by atoms with Crippen LogP contribution in [0.4, 0.5) is 4.79 Å². The Balaban J connectivity index is 0.000000109. The Morgan fingerprint density at radius 2 is 1.13 bits per heavy atom. The third-order valence-corrected chi connectivity index (χ3v) is 14.2. The zero-order valence-electron chi connectivity index (χ0n) is 29.1. The number of cyclic esters (lactones) is 1. The molecule has 9 saturated heterocycles. The normalized spacial score (nSPS) is 36.3. The third-order valence-electron chi connectivity index (χ3n) is 12.4. The minimum absolute atomic E-state index is 0.296. The summed E-state index contributed by atoms with van der Waals surface area (Å²) >= 11 is 0. The molecule has 0 spiro atoms. The number of nitrogens with zero attached hydrogens (tertiary/aromatic N) is 2. The molecule has 0 unspecified atom stereocenters. The Hall–Kier alpha value is -0.900. The lowest BCUT2D eigenvalue weighted by Gasteiger charge is -2.39. The molecule has 6 bridgehead atoms. The van der Waals surface area contributed by atoms with Crippen LogP contribution in [-0.2, 0) is 14.6 Å². The summed E-state index contributed by atoms with van der Waals surface area (Å²) in [7, 11) is -2.58. The first kappa shape index (κ1) is 36.4. The van der Waals surface area contributed by atoms with Crippen LogP contribution in [0.25, 0.3) is 0 Å². The number of fused-ring (bicyclic) bond motifs is 8. The Morgan fingerprint density at radius 1 is 0.587 bits per heavy atom. The molecule has 0 atom stereocenters. The van der Waals surface area contributed by atoms with Gasteiger partial charge in [0.2, 0.25) is 0 Å². The van der Waals surface area contributed by atoms with E-state index in [0.717, 1.165) is 43.3 Å². The predicted octanol–water partition coefficient (Wildman–Crippen LogP) is 6.54. The second-order valence-electron chi connectivity index (χ2n) is 15.9. The van der Waals surface area contributed by atoms with Crippen LogP contribution < -0.4 is 10.6 Å². The molecule has 0 aromatic rings. The number of ether oxygens (including phenoxy) is 1. The number of alkyl carbamates (subject to hydrolysis) is 1. The van der Waals surface area contributed by atoms with Crippen molar-refractivity contribution in [3.63, 3.8) is 0 Å². The van der Waals surface area contributed by atoms with Gasteiger partial charge in [-0.1, -0.05) is 44.9 Å². The number of sulfone groups is 1. The van der Waals surface area contributed by atoms with Gasteiger partial charge in [-0.25, -0.2) is 13.2 Å². The molecule has 0 aromatic heterocycles. The van der Waals surface area contributed by atoms with Crippen molar-refractivity contribution in [3.05, 3.63) is 0 Å². The zero-order chi connectivity index (χ0) is 32.0. The molecule has 0 radical (unpaired) electrons. The van der Waals surface area contributed by atoms with Crippen molar-refractivity contribution in [1.29, 1.82) is 0 Å². The Morgan fingerprint density at radius 3 is 1.37 bits per heavy atom. The van der Waals surface area contributed by atoms with Crippen LogP contribution in [0.3, 0.4) is 0 Å². The highest BCUT2D eigenvalue weighted by molar-refractivity contribution is 7.91. The second-order valence-corrected chi connectivity index (χ2v) is 18.2. The molecule has 8 nitrogen and oxygen atoms in total. The smallest absolute Gasteiger partial charge is 0.407 e. The van der Waals surface area contributed by atoms with Crippen molar-refractivity contribution in [3.8, 4) is 0 Å². The highest BCUT2D eigenvalue weighted by Gasteiger charge is 2.31. The van der Waals surface area contributed by atoms with Crippen molar-refractivity contribution in [1.82, 2.24) is 20.4 Å². The average Bonchev–Trinajstić information content (AvgIpc) is 3.97. The molecular weight excluding hydrogens is 596 g/mol. The lowest BCUT2D eigenvalue weighted by molar-refractivity contribution is 0.109. The first-order chi connectivity index (χ1) is 22.4. The maximum atomic E-state index is 10.7. The van der Waals surface area contributed by atoms with Gasteiger partial charge in [0, 0.05) is 18.1 Å². The molecule has 2 saturated carbocycles. The maximum Gasteiger partial charge on any atom is 0.407 e. The van der Waals surface area contributed by atoms with Crippen LogP contribution >= 0.6 is 0 Å². The number of nitrogens with one attached hydrogen (secondary N) is 2. The Kier molecular flexibility index (Phi) is 15.3. The van der Waals surface area contributed by atoms with E-state index >= 15 is 0 Å². The highest BCUT2D eigenvalue weighted by atomic mass is 32.2. The molecule has 2 aliphatic carbocycles. The lowest BCUT2D eigenvalue weighted by Crippen LogP contribution is -2.42. The van der Waals surface area contributed by atoms with Crippen molar-refractivity contribution >= 4 is 15.9 Å². The number of rotatable bonds is 0. The van der Waals surface area contributed by atoms with Crippen molar-refractivity contribution < 1.29 is 17.9 Å². The summed E-state index contributed by atoms with van der Waals surface area (Å²) < 4.78 is 25.7. The summed E-state index contributed by atoms with van der Waals surface area (Å²) in [5.74, 6) is 4.30. The Bertz CT molecular complexity index is 861. The van der Waals surface area contributed by atoms with Gasteiger partial charge in [-0.15, -0.1) is 0 Å². The molecule has 9 aliphatic heterocycles. The fraction of sp³-hybridized carbons (Fsp3) is 0.973. The van der Waals surface area contributed by atoms with Gasteiger partial charge in [0.1, 0.15) is 16.4 Å². The standard InChI is InChI=1S/C9H17N.C7H13N.C7H12.C6H11N.C5H10O2S.C3H5NO2/c1-3-7-10-8-4-2-6-9(10)5-1;1-4-8-5-2-7(1)3-6-8;1-2-7-4-3-6(1)5-7;1-2-6-4-3-5(1)7-6;6-8(7)4-2-1-3-5-8;5-3-4-1-2-6-3/h9H,1-8H2;7H,1-6H2;6-7H,1-5H2;5-7H,1-4H2;1-5H2;1-2H2,(H,4,5). The van der Waals surface area contributed by atoms with Gasteiger partial charge in [0.05, 0.1) is 18.1 Å². The van der Waals surface area contributed by atoms with Crippen LogP contribution in [0.15, 0.2) is 0 Å². The minimum atomic E-state index is -2.58. The van der Waals surface area contributed by atoms with Gasteiger partial charge >= 0.3 is 6.09 Å². The molecule has 11 rings (SSSR count). The van der Waals surface area contributed by atoms with E-state index in [1.165, 1.54) is 128 Å². The van der Waals surface area contributed by atoms with Crippen LogP contribution in [0.2, 0.25) is 0 Å². The molecule has 46 heavy (non-hydrogen) atoms. The molecule has 2 N–H and O–H groups in total. The van der Waals surface area contributed by atoms with Crippen LogP contribution in [0, 0.1) is 17.8 Å².